The summed E-state index contributed by atoms with van der Waals surface area (Å²) in [5, 5.41) is 13.5. The second-order valence-corrected chi connectivity index (χ2v) is 10.5. The molecule has 3 aliphatic rings. The number of carbonyl (C=O) groups is 3. The minimum absolute atomic E-state index is 0.192. The predicted molar refractivity (Wildman–Crippen MR) is 135 cm³/mol. The highest BCUT2D eigenvalue weighted by Gasteiger charge is 2.78. The zero-order chi connectivity index (χ0) is 26.2. The number of benzene rings is 2. The van der Waals surface area contributed by atoms with Crippen LogP contribution in [0.3, 0.4) is 0 Å². The number of rotatable bonds is 9. The van der Waals surface area contributed by atoms with Crippen LogP contribution in [0.15, 0.2) is 60.7 Å². The third kappa shape index (κ3) is 4.22. The average molecular weight is 507 g/mol. The first-order valence-electron chi connectivity index (χ1n) is 13.0. The first-order valence-corrected chi connectivity index (χ1v) is 13.0. The molecule has 2 aromatic rings. The van der Waals surface area contributed by atoms with Crippen molar-refractivity contribution in [3.05, 3.63) is 71.8 Å². The Morgan fingerprint density at radius 2 is 1.76 bits per heavy atom. The predicted octanol–water partition coefficient (Wildman–Crippen LogP) is 2.23. The second-order valence-electron chi connectivity index (χ2n) is 10.5. The Kier molecular flexibility index (Phi) is 6.81. The Morgan fingerprint density at radius 1 is 1.11 bits per heavy atom. The van der Waals surface area contributed by atoms with Gasteiger partial charge in [0, 0.05) is 6.54 Å². The van der Waals surface area contributed by atoms with Crippen molar-refractivity contribution in [2.75, 3.05) is 13.2 Å². The zero-order valence-electron chi connectivity index (χ0n) is 21.3. The van der Waals surface area contributed by atoms with Gasteiger partial charge in [-0.05, 0) is 44.2 Å². The summed E-state index contributed by atoms with van der Waals surface area (Å²) in [6.45, 7) is 3.73. The monoisotopic (exact) mass is 506 g/mol. The number of likely N-dealkylation sites (tertiary alicyclic amines) is 1. The van der Waals surface area contributed by atoms with E-state index in [1.54, 1.807) is 6.92 Å². The van der Waals surface area contributed by atoms with Crippen molar-refractivity contribution in [3.8, 4) is 0 Å². The molecule has 0 radical (unpaired) electrons. The van der Waals surface area contributed by atoms with Crippen molar-refractivity contribution in [1.82, 2.24) is 10.2 Å². The number of nitrogens with zero attached hydrogens (tertiary/aromatic N) is 1. The highest BCUT2D eigenvalue weighted by atomic mass is 16.6. The summed E-state index contributed by atoms with van der Waals surface area (Å²) in [7, 11) is 0. The van der Waals surface area contributed by atoms with Crippen LogP contribution >= 0.6 is 0 Å². The van der Waals surface area contributed by atoms with Crippen LogP contribution in [0.25, 0.3) is 0 Å². The maximum absolute atomic E-state index is 14.2. The van der Waals surface area contributed by atoms with Crippen LogP contribution in [0, 0.1) is 11.8 Å². The lowest BCUT2D eigenvalue weighted by Crippen LogP contribution is -2.58. The molecule has 3 saturated heterocycles. The molecule has 6 atom stereocenters. The van der Waals surface area contributed by atoms with E-state index >= 15 is 0 Å². The minimum atomic E-state index is -1.16. The number of ether oxygens (including phenoxy) is 2. The van der Waals surface area contributed by atoms with E-state index in [-0.39, 0.29) is 25.0 Å². The first kappa shape index (κ1) is 25.4. The van der Waals surface area contributed by atoms with Crippen molar-refractivity contribution in [2.45, 2.75) is 62.9 Å². The van der Waals surface area contributed by atoms with Crippen molar-refractivity contribution >= 4 is 17.8 Å². The van der Waals surface area contributed by atoms with Crippen LogP contribution in [0.1, 0.15) is 37.8 Å². The molecule has 1 spiro atoms. The van der Waals surface area contributed by atoms with Crippen molar-refractivity contribution in [1.29, 1.82) is 0 Å². The molecule has 37 heavy (non-hydrogen) atoms. The molecule has 2 aromatic carbocycles. The number of fused-ring (bicyclic) bond motifs is 1. The van der Waals surface area contributed by atoms with Gasteiger partial charge in [0.25, 0.3) is 0 Å². The fourth-order valence-corrected chi connectivity index (χ4v) is 6.66. The van der Waals surface area contributed by atoms with Gasteiger partial charge in [0.15, 0.2) is 0 Å². The van der Waals surface area contributed by atoms with E-state index in [9.17, 15) is 19.5 Å². The van der Waals surface area contributed by atoms with Crippen molar-refractivity contribution < 1.29 is 29.0 Å². The quantitative estimate of drug-likeness (QED) is 0.506. The van der Waals surface area contributed by atoms with E-state index in [1.165, 1.54) is 4.90 Å². The Balaban J connectivity index is 1.52. The molecule has 5 rings (SSSR count). The lowest BCUT2D eigenvalue weighted by atomic mass is 9.66. The van der Waals surface area contributed by atoms with E-state index in [0.717, 1.165) is 11.1 Å². The Hall–Kier alpha value is -3.23. The fourth-order valence-electron chi connectivity index (χ4n) is 6.66. The molecular formula is C29H34N2O6. The lowest BCUT2D eigenvalue weighted by molar-refractivity contribution is -0.160. The summed E-state index contributed by atoms with van der Waals surface area (Å²) >= 11 is 0. The highest BCUT2D eigenvalue weighted by Crippen LogP contribution is 2.63. The van der Waals surface area contributed by atoms with Gasteiger partial charge in [-0.1, -0.05) is 60.7 Å². The zero-order valence-corrected chi connectivity index (χ0v) is 21.3. The lowest BCUT2D eigenvalue weighted by Gasteiger charge is -2.37. The molecule has 8 heteroatoms. The van der Waals surface area contributed by atoms with E-state index in [0.29, 0.717) is 25.8 Å². The van der Waals surface area contributed by atoms with E-state index in [4.69, 9.17) is 9.47 Å². The van der Waals surface area contributed by atoms with Gasteiger partial charge in [-0.2, -0.15) is 0 Å². The molecule has 196 valence electrons. The van der Waals surface area contributed by atoms with E-state index in [2.05, 4.69) is 5.32 Å². The van der Waals surface area contributed by atoms with Gasteiger partial charge in [0.05, 0.1) is 30.8 Å². The third-order valence-corrected chi connectivity index (χ3v) is 8.23. The number of amides is 2. The molecular weight excluding hydrogens is 472 g/mol. The third-order valence-electron chi connectivity index (χ3n) is 8.23. The van der Waals surface area contributed by atoms with Crippen LogP contribution < -0.4 is 5.32 Å². The Morgan fingerprint density at radius 3 is 2.38 bits per heavy atom. The Bertz CT molecular complexity index is 1160. The first-order chi connectivity index (χ1) is 17.8. The number of aliphatic hydroxyl groups is 1. The van der Waals surface area contributed by atoms with Gasteiger partial charge in [-0.15, -0.1) is 0 Å². The number of esters is 1. The van der Waals surface area contributed by atoms with E-state index in [1.807, 2.05) is 67.6 Å². The maximum atomic E-state index is 14.2. The van der Waals surface area contributed by atoms with Gasteiger partial charge in [-0.25, -0.2) is 0 Å². The number of nitrogens with one attached hydrogen (secondary N) is 1. The molecule has 0 aliphatic carbocycles. The summed E-state index contributed by atoms with van der Waals surface area (Å²) in [5.41, 5.74) is -0.179. The molecule has 2 N–H and O–H groups in total. The molecule has 3 aliphatic heterocycles. The minimum Gasteiger partial charge on any atom is -0.466 e. The SMILES string of the molecule is CCOC(=O)[C@@H]1[C@H]2C(=O)N([C@@H](CO)Cc3ccccc3)C(C(=O)NCc3ccccc3)C23CC[C@@]1(C)O3. The molecule has 0 aromatic heterocycles. The van der Waals surface area contributed by atoms with Gasteiger partial charge in [-0.3, -0.25) is 14.4 Å². The van der Waals surface area contributed by atoms with Gasteiger partial charge in [0.2, 0.25) is 11.8 Å². The van der Waals surface area contributed by atoms with E-state index < -0.39 is 41.1 Å². The van der Waals surface area contributed by atoms with Crippen molar-refractivity contribution in [2.24, 2.45) is 11.8 Å². The Labute approximate surface area is 216 Å². The normalized spacial score (nSPS) is 30.7. The molecule has 2 amide bonds. The summed E-state index contributed by atoms with van der Waals surface area (Å²) in [4.78, 5) is 42.7. The van der Waals surface area contributed by atoms with Gasteiger partial charge in [0.1, 0.15) is 17.6 Å². The van der Waals surface area contributed by atoms with Crippen LogP contribution in [0.5, 0.6) is 0 Å². The molecule has 2 unspecified atom stereocenters. The highest BCUT2D eigenvalue weighted by molar-refractivity contribution is 5.98. The second kappa shape index (κ2) is 9.91. The topological polar surface area (TPSA) is 105 Å². The number of hydrogen-bond acceptors (Lipinski definition) is 6. The number of hydrogen-bond donors (Lipinski definition) is 2. The standard InChI is InChI=1S/C29H34N2O6/c1-3-36-27(35)23-22-26(34)31(21(18-32)16-19-10-6-4-7-11-19)24(29(22)15-14-28(23,2)37-29)25(33)30-17-20-12-8-5-9-13-20/h4-13,21-24,32H,3,14-18H2,1-2H3,(H,30,33)/t21-,22+,23+,24?,28-,29?/m1/s1. The summed E-state index contributed by atoms with van der Waals surface area (Å²) in [6, 6.07) is 17.5. The molecule has 2 bridgehead atoms. The summed E-state index contributed by atoms with van der Waals surface area (Å²) < 4.78 is 12.0. The smallest absolute Gasteiger partial charge is 0.312 e. The summed E-state index contributed by atoms with van der Waals surface area (Å²) in [5.74, 6) is -2.81. The largest absolute Gasteiger partial charge is 0.466 e. The fraction of sp³-hybridized carbons (Fsp3) is 0.483. The summed E-state index contributed by atoms with van der Waals surface area (Å²) in [6.07, 6.45) is 1.38. The van der Waals surface area contributed by atoms with Crippen LogP contribution in [-0.2, 0) is 36.8 Å². The molecule has 3 fully saturated rings. The molecule has 3 heterocycles. The van der Waals surface area contributed by atoms with Crippen LogP contribution in [0.2, 0.25) is 0 Å². The van der Waals surface area contributed by atoms with Gasteiger partial charge >= 0.3 is 5.97 Å². The van der Waals surface area contributed by atoms with Crippen LogP contribution in [-0.4, -0.2) is 64.3 Å². The maximum Gasteiger partial charge on any atom is 0.312 e. The van der Waals surface area contributed by atoms with Crippen LogP contribution in [0.4, 0.5) is 0 Å². The molecule has 0 saturated carbocycles. The average Bonchev–Trinajstić information content (AvgIpc) is 3.48. The van der Waals surface area contributed by atoms with Crippen molar-refractivity contribution in [3.63, 3.8) is 0 Å². The van der Waals surface area contributed by atoms with Gasteiger partial charge < -0.3 is 24.8 Å². The number of aliphatic hydroxyl groups excluding tert-OH is 1. The molecule has 8 nitrogen and oxygen atoms in total. The number of carbonyl (C=O) groups excluding carboxylic acids is 3.